The lowest BCUT2D eigenvalue weighted by Gasteiger charge is -2.31. The van der Waals surface area contributed by atoms with Crippen LogP contribution in [0.25, 0.3) is 0 Å². The van der Waals surface area contributed by atoms with Gasteiger partial charge in [-0.1, -0.05) is 29.3 Å². The normalized spacial score (nSPS) is 18.5. The van der Waals surface area contributed by atoms with E-state index >= 15 is 0 Å². The Kier molecular flexibility index (Phi) is 5.67. The van der Waals surface area contributed by atoms with Gasteiger partial charge in [-0.05, 0) is 49.8 Å². The predicted molar refractivity (Wildman–Crippen MR) is 95.2 cm³/mol. The van der Waals surface area contributed by atoms with Gasteiger partial charge in [-0.2, -0.15) is 0 Å². The molecule has 1 aromatic rings. The van der Waals surface area contributed by atoms with Crippen LogP contribution in [0.2, 0.25) is 10.0 Å². The van der Waals surface area contributed by atoms with Crippen molar-refractivity contribution in [2.24, 2.45) is 11.8 Å². The third-order valence-electron chi connectivity index (χ3n) is 4.81. The van der Waals surface area contributed by atoms with Gasteiger partial charge < -0.3 is 10.2 Å². The zero-order valence-electron chi connectivity index (χ0n) is 13.6. The first-order valence-electron chi connectivity index (χ1n) is 8.55. The molecule has 1 aliphatic carbocycles. The van der Waals surface area contributed by atoms with E-state index in [9.17, 15) is 9.59 Å². The Morgan fingerprint density at radius 3 is 2.42 bits per heavy atom. The summed E-state index contributed by atoms with van der Waals surface area (Å²) in [6, 6.07) is 5.41. The molecule has 0 unspecified atom stereocenters. The molecule has 0 aromatic heterocycles. The quantitative estimate of drug-likeness (QED) is 0.866. The van der Waals surface area contributed by atoms with Crippen LogP contribution >= 0.6 is 23.2 Å². The van der Waals surface area contributed by atoms with Gasteiger partial charge in [-0.25, -0.2) is 0 Å². The second kappa shape index (κ2) is 7.75. The molecule has 2 amide bonds. The van der Waals surface area contributed by atoms with E-state index in [0.717, 1.165) is 31.2 Å². The van der Waals surface area contributed by atoms with E-state index in [2.05, 4.69) is 5.32 Å². The van der Waals surface area contributed by atoms with Crippen LogP contribution < -0.4 is 5.32 Å². The van der Waals surface area contributed by atoms with E-state index in [-0.39, 0.29) is 23.7 Å². The number of rotatable bonds is 5. The average molecular weight is 369 g/mol. The van der Waals surface area contributed by atoms with E-state index in [1.54, 1.807) is 12.1 Å². The number of nitrogens with one attached hydrogen (secondary N) is 1. The van der Waals surface area contributed by atoms with Gasteiger partial charge in [-0.3, -0.25) is 9.59 Å². The monoisotopic (exact) mass is 368 g/mol. The predicted octanol–water partition coefficient (Wildman–Crippen LogP) is 3.30. The Morgan fingerprint density at radius 1 is 1.08 bits per heavy atom. The van der Waals surface area contributed by atoms with Crippen molar-refractivity contribution >= 4 is 35.0 Å². The molecular weight excluding hydrogens is 347 g/mol. The van der Waals surface area contributed by atoms with Crippen molar-refractivity contribution in [3.8, 4) is 0 Å². The van der Waals surface area contributed by atoms with Crippen molar-refractivity contribution in [3.05, 3.63) is 33.8 Å². The van der Waals surface area contributed by atoms with E-state index in [0.29, 0.717) is 36.1 Å². The van der Waals surface area contributed by atoms with Gasteiger partial charge in [0.15, 0.2) is 0 Å². The van der Waals surface area contributed by atoms with Crippen molar-refractivity contribution < 1.29 is 9.59 Å². The summed E-state index contributed by atoms with van der Waals surface area (Å²) in [7, 11) is 0. The summed E-state index contributed by atoms with van der Waals surface area (Å²) in [5.74, 6) is 0.637. The Morgan fingerprint density at radius 2 is 1.79 bits per heavy atom. The van der Waals surface area contributed by atoms with E-state index in [1.807, 2.05) is 11.0 Å². The molecule has 2 fully saturated rings. The smallest absolute Gasteiger partial charge is 0.225 e. The van der Waals surface area contributed by atoms with Crippen LogP contribution in [0, 0.1) is 11.8 Å². The lowest BCUT2D eigenvalue weighted by Crippen LogP contribution is -2.43. The number of likely N-dealkylation sites (tertiary alicyclic amines) is 1. The van der Waals surface area contributed by atoms with Crippen LogP contribution in [0.5, 0.6) is 0 Å². The molecule has 0 spiro atoms. The molecule has 0 atom stereocenters. The summed E-state index contributed by atoms with van der Waals surface area (Å²) in [4.78, 5) is 26.2. The van der Waals surface area contributed by atoms with Gasteiger partial charge in [-0.15, -0.1) is 0 Å². The maximum atomic E-state index is 12.3. The number of carbonyl (C=O) groups excluding carboxylic acids is 2. The fourth-order valence-electron chi connectivity index (χ4n) is 3.14. The SMILES string of the molecule is O=C(NCCc1ccc(Cl)cc1Cl)C1CCN(C(=O)C2CC2)CC1. The molecule has 1 saturated carbocycles. The number of benzene rings is 1. The number of amides is 2. The van der Waals surface area contributed by atoms with Gasteiger partial charge in [0.1, 0.15) is 0 Å². The van der Waals surface area contributed by atoms with Crippen molar-refractivity contribution in [2.45, 2.75) is 32.1 Å². The minimum atomic E-state index is 0.00828. The molecule has 24 heavy (non-hydrogen) atoms. The summed E-state index contributed by atoms with van der Waals surface area (Å²) in [5.41, 5.74) is 0.978. The van der Waals surface area contributed by atoms with Crippen LogP contribution in [-0.2, 0) is 16.0 Å². The minimum absolute atomic E-state index is 0.00828. The van der Waals surface area contributed by atoms with E-state index < -0.39 is 0 Å². The summed E-state index contributed by atoms with van der Waals surface area (Å²) >= 11 is 12.0. The summed E-state index contributed by atoms with van der Waals surface area (Å²) in [6.45, 7) is 1.97. The molecule has 1 saturated heterocycles. The highest BCUT2D eigenvalue weighted by atomic mass is 35.5. The van der Waals surface area contributed by atoms with Crippen LogP contribution in [0.1, 0.15) is 31.2 Å². The van der Waals surface area contributed by atoms with Crippen molar-refractivity contribution in [3.63, 3.8) is 0 Å². The second-order valence-electron chi connectivity index (χ2n) is 6.65. The lowest BCUT2D eigenvalue weighted by molar-refractivity contribution is -0.136. The number of halogens is 2. The number of hydrogen-bond acceptors (Lipinski definition) is 2. The van der Waals surface area contributed by atoms with Crippen LogP contribution in [0.3, 0.4) is 0 Å². The Hall–Kier alpha value is -1.26. The van der Waals surface area contributed by atoms with E-state index in [4.69, 9.17) is 23.2 Å². The molecule has 2 aliphatic rings. The highest BCUT2D eigenvalue weighted by Crippen LogP contribution is 2.32. The molecule has 130 valence electrons. The van der Waals surface area contributed by atoms with Gasteiger partial charge in [0, 0.05) is 41.5 Å². The van der Waals surface area contributed by atoms with Crippen LogP contribution in [0.4, 0.5) is 0 Å². The number of nitrogens with zero attached hydrogens (tertiary/aromatic N) is 1. The molecule has 0 radical (unpaired) electrons. The fraction of sp³-hybridized carbons (Fsp3) is 0.556. The largest absolute Gasteiger partial charge is 0.356 e. The first-order chi connectivity index (χ1) is 11.5. The summed E-state index contributed by atoms with van der Waals surface area (Å²) < 4.78 is 0. The number of carbonyl (C=O) groups is 2. The molecule has 1 aliphatic heterocycles. The zero-order chi connectivity index (χ0) is 17.1. The average Bonchev–Trinajstić information content (AvgIpc) is 3.41. The molecule has 3 rings (SSSR count). The maximum Gasteiger partial charge on any atom is 0.225 e. The third-order valence-corrected chi connectivity index (χ3v) is 5.40. The molecule has 6 heteroatoms. The van der Waals surface area contributed by atoms with Crippen LogP contribution in [0.15, 0.2) is 18.2 Å². The third kappa shape index (κ3) is 4.42. The molecular formula is C18H22Cl2N2O2. The van der Waals surface area contributed by atoms with Crippen molar-refractivity contribution in [1.82, 2.24) is 10.2 Å². The molecule has 1 heterocycles. The molecule has 1 N–H and O–H groups in total. The first-order valence-corrected chi connectivity index (χ1v) is 9.30. The van der Waals surface area contributed by atoms with Crippen molar-refractivity contribution in [1.29, 1.82) is 0 Å². The van der Waals surface area contributed by atoms with E-state index in [1.165, 1.54) is 0 Å². The minimum Gasteiger partial charge on any atom is -0.356 e. The van der Waals surface area contributed by atoms with Gasteiger partial charge in [0.25, 0.3) is 0 Å². The van der Waals surface area contributed by atoms with Gasteiger partial charge >= 0.3 is 0 Å². The Balaban J connectivity index is 1.40. The van der Waals surface area contributed by atoms with Gasteiger partial charge in [0.2, 0.25) is 11.8 Å². The van der Waals surface area contributed by atoms with Gasteiger partial charge in [0.05, 0.1) is 0 Å². The topological polar surface area (TPSA) is 49.4 Å². The number of piperidine rings is 1. The maximum absolute atomic E-state index is 12.3. The highest BCUT2D eigenvalue weighted by molar-refractivity contribution is 6.35. The Labute approximate surface area is 152 Å². The van der Waals surface area contributed by atoms with Crippen LogP contribution in [-0.4, -0.2) is 36.3 Å². The zero-order valence-corrected chi connectivity index (χ0v) is 15.1. The fourth-order valence-corrected chi connectivity index (χ4v) is 3.64. The van der Waals surface area contributed by atoms with Crippen molar-refractivity contribution in [2.75, 3.05) is 19.6 Å². The molecule has 4 nitrogen and oxygen atoms in total. The first kappa shape index (κ1) is 17.6. The number of hydrogen-bond donors (Lipinski definition) is 1. The second-order valence-corrected chi connectivity index (χ2v) is 7.49. The summed E-state index contributed by atoms with van der Waals surface area (Å²) in [5, 5.41) is 4.23. The lowest BCUT2D eigenvalue weighted by atomic mass is 9.95. The summed E-state index contributed by atoms with van der Waals surface area (Å²) in [6.07, 6.45) is 4.26. The highest BCUT2D eigenvalue weighted by Gasteiger charge is 2.35. The standard InChI is InChI=1S/C18H22Cl2N2O2/c19-15-4-3-12(16(20)11-15)5-8-21-17(23)13-6-9-22(10-7-13)18(24)14-1-2-14/h3-4,11,13-14H,1-2,5-10H2,(H,21,23). The Bertz CT molecular complexity index is 623. The molecule has 1 aromatic carbocycles. The molecule has 0 bridgehead atoms.